The fourth-order valence-corrected chi connectivity index (χ4v) is 2.59. The Bertz CT molecular complexity index is 776. The van der Waals surface area contributed by atoms with Gasteiger partial charge in [0.05, 0.1) is 10.7 Å². The summed E-state index contributed by atoms with van der Waals surface area (Å²) in [5.74, 6) is -0.730. The molecule has 12 heteroatoms. The summed E-state index contributed by atoms with van der Waals surface area (Å²) >= 11 is 17.4. The van der Waals surface area contributed by atoms with Crippen molar-refractivity contribution in [2.45, 2.75) is 6.29 Å². The summed E-state index contributed by atoms with van der Waals surface area (Å²) in [6.45, 7) is 0. The summed E-state index contributed by atoms with van der Waals surface area (Å²) < 4.78 is 10.9. The first kappa shape index (κ1) is 17.2. The zero-order valence-electron chi connectivity index (χ0n) is 10.6. The Morgan fingerprint density at radius 1 is 1.27 bits per heavy atom. The minimum absolute atomic E-state index is 0.208. The van der Waals surface area contributed by atoms with Gasteiger partial charge >= 0.3 is 7.60 Å². The lowest BCUT2D eigenvalue weighted by Crippen LogP contribution is -2.14. The maximum atomic E-state index is 12.1. The molecule has 2 aromatic rings. The number of hydrogen-bond acceptors (Lipinski definition) is 4. The summed E-state index contributed by atoms with van der Waals surface area (Å²) in [6, 6.07) is 4.44. The van der Waals surface area contributed by atoms with Crippen LogP contribution < -0.4 is 5.32 Å². The minimum Gasteiger partial charge on any atom is -0.323 e. The summed E-state index contributed by atoms with van der Waals surface area (Å²) in [7, 11) is -4.39. The van der Waals surface area contributed by atoms with Crippen LogP contribution in [0.15, 0.2) is 18.2 Å². The molecule has 0 saturated carbocycles. The van der Waals surface area contributed by atoms with E-state index in [1.165, 1.54) is 18.2 Å². The lowest BCUT2D eigenvalue weighted by atomic mass is 10.3. The molecular formula is C10H8Cl3N4O4P. The Morgan fingerprint density at radius 3 is 2.55 bits per heavy atom. The van der Waals surface area contributed by atoms with Crippen LogP contribution in [0.5, 0.6) is 0 Å². The molecule has 0 unspecified atom stereocenters. The van der Waals surface area contributed by atoms with Crippen LogP contribution in [-0.4, -0.2) is 30.7 Å². The lowest BCUT2D eigenvalue weighted by molar-refractivity contribution is 0.102. The van der Waals surface area contributed by atoms with Crippen molar-refractivity contribution >= 4 is 54.0 Å². The fourth-order valence-electron chi connectivity index (χ4n) is 1.47. The minimum atomic E-state index is -4.39. The molecule has 1 amide bonds. The molecule has 1 heterocycles. The molecule has 0 aliphatic carbocycles. The molecule has 118 valence electrons. The van der Waals surface area contributed by atoms with Crippen LogP contribution in [0.25, 0.3) is 0 Å². The number of amides is 1. The number of benzene rings is 1. The van der Waals surface area contributed by atoms with Crippen LogP contribution >= 0.6 is 42.4 Å². The van der Waals surface area contributed by atoms with E-state index in [9.17, 15) is 9.36 Å². The number of carbonyl (C=O) groups is 1. The number of carbonyl (C=O) groups excluding carboxylic acids is 1. The van der Waals surface area contributed by atoms with Crippen molar-refractivity contribution < 1.29 is 19.1 Å². The largest absolute Gasteiger partial charge is 0.348 e. The van der Waals surface area contributed by atoms with Gasteiger partial charge in [0.1, 0.15) is 0 Å². The van der Waals surface area contributed by atoms with E-state index in [-0.39, 0.29) is 21.6 Å². The van der Waals surface area contributed by atoms with E-state index in [4.69, 9.17) is 44.6 Å². The van der Waals surface area contributed by atoms with Gasteiger partial charge in [0.15, 0.2) is 17.1 Å². The quantitative estimate of drug-likeness (QED) is 0.697. The van der Waals surface area contributed by atoms with Gasteiger partial charge in [0, 0.05) is 5.02 Å². The van der Waals surface area contributed by atoms with Crippen LogP contribution in [0, 0.1) is 0 Å². The fraction of sp³-hybridized carbons (Fsp3) is 0.100. The number of aromatic nitrogens is 3. The average molecular weight is 386 g/mol. The number of nitrogens with one attached hydrogen (secondary N) is 1. The molecule has 2 rings (SSSR count). The molecule has 0 aliphatic rings. The molecule has 0 saturated heterocycles. The van der Waals surface area contributed by atoms with Gasteiger partial charge in [-0.15, -0.1) is 10.2 Å². The van der Waals surface area contributed by atoms with E-state index in [2.05, 4.69) is 15.5 Å². The maximum absolute atomic E-state index is 12.1. The Morgan fingerprint density at radius 2 is 1.95 bits per heavy atom. The van der Waals surface area contributed by atoms with E-state index < -0.39 is 19.8 Å². The van der Waals surface area contributed by atoms with Crippen LogP contribution in [0.1, 0.15) is 10.5 Å². The second-order valence-corrected chi connectivity index (χ2v) is 6.91. The van der Waals surface area contributed by atoms with Crippen molar-refractivity contribution in [2.24, 2.45) is 0 Å². The van der Waals surface area contributed by atoms with Gasteiger partial charge in [-0.2, -0.15) is 4.80 Å². The normalized spacial score (nSPS) is 11.5. The molecular weight excluding hydrogens is 377 g/mol. The smallest absolute Gasteiger partial charge is 0.323 e. The summed E-state index contributed by atoms with van der Waals surface area (Å²) in [6.07, 6.45) is -0.790. The third-order valence-corrected chi connectivity index (χ3v) is 3.74. The molecule has 1 aromatic carbocycles. The van der Waals surface area contributed by atoms with Crippen molar-refractivity contribution in [3.05, 3.63) is 39.1 Å². The highest BCUT2D eigenvalue weighted by atomic mass is 35.5. The van der Waals surface area contributed by atoms with E-state index in [0.717, 1.165) is 0 Å². The van der Waals surface area contributed by atoms with Crippen LogP contribution in [-0.2, 0) is 10.9 Å². The van der Waals surface area contributed by atoms with Gasteiger partial charge in [0.2, 0.25) is 0 Å². The predicted molar refractivity (Wildman–Crippen MR) is 81.5 cm³/mol. The van der Waals surface area contributed by atoms with Crippen LogP contribution in [0.3, 0.4) is 0 Å². The predicted octanol–water partition coefficient (Wildman–Crippen LogP) is 2.63. The van der Waals surface area contributed by atoms with Crippen molar-refractivity contribution in [3.8, 4) is 0 Å². The molecule has 0 fully saturated rings. The number of hydrogen-bond donors (Lipinski definition) is 3. The Labute approximate surface area is 139 Å². The molecule has 1 aromatic heterocycles. The molecule has 0 spiro atoms. The standard InChI is InChI=1S/C10H8Cl3N4O4P/c11-5-1-2-7(6(12)3-5)14-10(18)8-9(13)16-17(15-8)4-22(19,20)21/h1-3H,4H2,(H,14,18)(H2,19,20,21). The van der Waals surface area contributed by atoms with Crippen LogP contribution in [0.2, 0.25) is 15.2 Å². The summed E-state index contributed by atoms with van der Waals surface area (Å²) in [5.41, 5.74) is -0.0159. The topological polar surface area (TPSA) is 117 Å². The third-order valence-electron chi connectivity index (χ3n) is 2.32. The zero-order valence-corrected chi connectivity index (χ0v) is 13.7. The van der Waals surface area contributed by atoms with Crippen molar-refractivity contribution in [1.82, 2.24) is 15.0 Å². The van der Waals surface area contributed by atoms with Gasteiger partial charge in [-0.3, -0.25) is 9.36 Å². The van der Waals surface area contributed by atoms with Crippen molar-refractivity contribution in [3.63, 3.8) is 0 Å². The number of anilines is 1. The molecule has 0 bridgehead atoms. The lowest BCUT2D eigenvalue weighted by Gasteiger charge is -2.05. The Kier molecular flexibility index (Phi) is 5.11. The third kappa shape index (κ3) is 4.42. The van der Waals surface area contributed by atoms with E-state index in [1.54, 1.807) is 0 Å². The van der Waals surface area contributed by atoms with E-state index >= 15 is 0 Å². The van der Waals surface area contributed by atoms with E-state index in [1.807, 2.05) is 0 Å². The average Bonchev–Trinajstić information content (AvgIpc) is 2.71. The molecule has 8 nitrogen and oxygen atoms in total. The summed E-state index contributed by atoms with van der Waals surface area (Å²) in [4.78, 5) is 30.4. The van der Waals surface area contributed by atoms with Gasteiger partial charge < -0.3 is 15.1 Å². The highest BCUT2D eigenvalue weighted by Gasteiger charge is 2.22. The monoisotopic (exact) mass is 384 g/mol. The van der Waals surface area contributed by atoms with Gasteiger partial charge in [-0.1, -0.05) is 34.8 Å². The first-order chi connectivity index (χ1) is 10.2. The number of nitrogens with zero attached hydrogens (tertiary/aromatic N) is 3. The first-order valence-electron chi connectivity index (χ1n) is 5.57. The number of rotatable bonds is 4. The van der Waals surface area contributed by atoms with Crippen molar-refractivity contribution in [1.29, 1.82) is 0 Å². The highest BCUT2D eigenvalue weighted by Crippen LogP contribution is 2.36. The zero-order chi connectivity index (χ0) is 16.5. The van der Waals surface area contributed by atoms with Crippen LogP contribution in [0.4, 0.5) is 5.69 Å². The Hall–Kier alpha value is -1.15. The first-order valence-corrected chi connectivity index (χ1v) is 8.50. The number of halogens is 3. The molecule has 0 radical (unpaired) electrons. The SMILES string of the molecule is O=C(Nc1ccc(Cl)cc1Cl)c1nn(CP(=O)(O)O)nc1Cl. The Balaban J connectivity index is 2.21. The van der Waals surface area contributed by atoms with Gasteiger partial charge in [-0.25, -0.2) is 0 Å². The molecule has 3 N–H and O–H groups in total. The van der Waals surface area contributed by atoms with E-state index in [0.29, 0.717) is 9.82 Å². The maximum Gasteiger partial charge on any atom is 0.348 e. The molecule has 0 atom stereocenters. The van der Waals surface area contributed by atoms with Gasteiger partial charge in [0.25, 0.3) is 5.91 Å². The molecule has 0 aliphatic heterocycles. The van der Waals surface area contributed by atoms with Gasteiger partial charge in [-0.05, 0) is 18.2 Å². The second kappa shape index (κ2) is 6.54. The highest BCUT2D eigenvalue weighted by molar-refractivity contribution is 7.50. The van der Waals surface area contributed by atoms with Crippen molar-refractivity contribution in [2.75, 3.05) is 5.32 Å². The molecule has 22 heavy (non-hydrogen) atoms. The summed E-state index contributed by atoms with van der Waals surface area (Å²) in [5, 5.41) is 9.95. The second-order valence-electron chi connectivity index (χ2n) is 4.10.